The van der Waals surface area contributed by atoms with Crippen LogP contribution < -0.4 is 14.8 Å². The van der Waals surface area contributed by atoms with Gasteiger partial charge < -0.3 is 19.7 Å². The topological polar surface area (TPSA) is 54.0 Å². The summed E-state index contributed by atoms with van der Waals surface area (Å²) >= 11 is 0. The van der Waals surface area contributed by atoms with E-state index in [1.165, 1.54) is 0 Å². The van der Waals surface area contributed by atoms with E-state index in [0.717, 1.165) is 37.5 Å². The van der Waals surface area contributed by atoms with Crippen molar-refractivity contribution in [1.29, 1.82) is 0 Å². The summed E-state index contributed by atoms with van der Waals surface area (Å²) < 4.78 is 10.7. The fraction of sp³-hybridized carbons (Fsp3) is 0.562. The molecule has 6 heteroatoms. The molecule has 1 aliphatic heterocycles. The molecule has 0 aliphatic carbocycles. The fourth-order valence-corrected chi connectivity index (χ4v) is 2.67. The minimum absolute atomic E-state index is 0.172. The van der Waals surface area contributed by atoms with Gasteiger partial charge in [0.2, 0.25) is 5.91 Å². The largest absolute Gasteiger partial charge is 0.493 e. The molecule has 0 unspecified atom stereocenters. The Kier molecular flexibility index (Phi) is 6.03. The van der Waals surface area contributed by atoms with Gasteiger partial charge >= 0.3 is 0 Å². The Morgan fingerprint density at radius 2 is 2.00 bits per heavy atom. The maximum absolute atomic E-state index is 12.3. The Morgan fingerprint density at radius 1 is 1.27 bits per heavy atom. The van der Waals surface area contributed by atoms with E-state index in [2.05, 4.69) is 5.32 Å². The standard InChI is InChI=1S/C16H25N3O3/c1-18(12-15(20)19-9-7-17-8-10-19)11-13-5-4-6-14(21-2)16(13)22-3/h4-6,17H,7-12H2,1-3H3. The maximum Gasteiger partial charge on any atom is 0.236 e. The van der Waals surface area contributed by atoms with Crippen molar-refractivity contribution in [1.82, 2.24) is 15.1 Å². The number of hydrogen-bond donors (Lipinski definition) is 1. The van der Waals surface area contributed by atoms with Crippen molar-refractivity contribution in [2.75, 3.05) is 54.0 Å². The predicted molar refractivity (Wildman–Crippen MR) is 85.3 cm³/mol. The smallest absolute Gasteiger partial charge is 0.236 e. The third kappa shape index (κ3) is 4.11. The lowest BCUT2D eigenvalue weighted by molar-refractivity contribution is -0.132. The number of nitrogens with zero attached hydrogens (tertiary/aromatic N) is 2. The Morgan fingerprint density at radius 3 is 2.64 bits per heavy atom. The van der Waals surface area contributed by atoms with Gasteiger partial charge in [-0.3, -0.25) is 9.69 Å². The van der Waals surface area contributed by atoms with Crippen LogP contribution in [-0.2, 0) is 11.3 Å². The average Bonchev–Trinajstić information content (AvgIpc) is 2.55. The number of carbonyl (C=O) groups is 1. The second-order valence-corrected chi connectivity index (χ2v) is 5.46. The normalized spacial score (nSPS) is 15.0. The number of rotatable bonds is 6. The third-order valence-corrected chi connectivity index (χ3v) is 3.80. The summed E-state index contributed by atoms with van der Waals surface area (Å²) in [6, 6.07) is 5.80. The van der Waals surface area contributed by atoms with Crippen LogP contribution in [0.2, 0.25) is 0 Å². The molecule has 0 bridgehead atoms. The summed E-state index contributed by atoms with van der Waals surface area (Å²) in [6.07, 6.45) is 0. The molecule has 0 saturated carbocycles. The first-order valence-corrected chi connectivity index (χ1v) is 7.52. The molecular weight excluding hydrogens is 282 g/mol. The molecular formula is C16H25N3O3. The predicted octanol–water partition coefficient (Wildman–Crippen LogP) is 0.567. The van der Waals surface area contributed by atoms with Crippen LogP contribution in [-0.4, -0.2) is 69.7 Å². The van der Waals surface area contributed by atoms with Gasteiger partial charge in [-0.25, -0.2) is 0 Å². The van der Waals surface area contributed by atoms with E-state index >= 15 is 0 Å². The first-order chi connectivity index (χ1) is 10.7. The van der Waals surface area contributed by atoms with Crippen LogP contribution >= 0.6 is 0 Å². The summed E-state index contributed by atoms with van der Waals surface area (Å²) in [6.45, 7) is 4.36. The maximum atomic E-state index is 12.3. The molecule has 2 rings (SSSR count). The molecule has 0 aromatic heterocycles. The first-order valence-electron chi connectivity index (χ1n) is 7.52. The molecule has 122 valence electrons. The lowest BCUT2D eigenvalue weighted by Crippen LogP contribution is -2.49. The highest BCUT2D eigenvalue weighted by atomic mass is 16.5. The highest BCUT2D eigenvalue weighted by Gasteiger charge is 2.18. The van der Waals surface area contributed by atoms with Crippen molar-refractivity contribution in [3.05, 3.63) is 23.8 Å². The molecule has 1 N–H and O–H groups in total. The van der Waals surface area contributed by atoms with Gasteiger partial charge in [0.1, 0.15) is 0 Å². The Labute approximate surface area is 132 Å². The van der Waals surface area contributed by atoms with Crippen molar-refractivity contribution < 1.29 is 14.3 Å². The van der Waals surface area contributed by atoms with Gasteiger partial charge in [-0.2, -0.15) is 0 Å². The Balaban J connectivity index is 1.96. The van der Waals surface area contributed by atoms with Crippen LogP contribution in [0.1, 0.15) is 5.56 Å². The number of amides is 1. The van der Waals surface area contributed by atoms with Gasteiger partial charge in [-0.15, -0.1) is 0 Å². The van der Waals surface area contributed by atoms with E-state index in [-0.39, 0.29) is 5.91 Å². The minimum Gasteiger partial charge on any atom is -0.493 e. The molecule has 6 nitrogen and oxygen atoms in total. The molecule has 1 aromatic rings. The molecule has 0 spiro atoms. The van der Waals surface area contributed by atoms with Gasteiger partial charge in [0.25, 0.3) is 0 Å². The number of nitrogens with one attached hydrogen (secondary N) is 1. The summed E-state index contributed by atoms with van der Waals surface area (Å²) in [7, 11) is 5.20. The molecule has 1 aliphatic rings. The molecule has 0 atom stereocenters. The Bertz CT molecular complexity index is 501. The number of likely N-dealkylation sites (N-methyl/N-ethyl adjacent to an activating group) is 1. The van der Waals surface area contributed by atoms with Crippen LogP contribution in [0.15, 0.2) is 18.2 Å². The van der Waals surface area contributed by atoms with E-state index in [0.29, 0.717) is 18.8 Å². The van der Waals surface area contributed by atoms with Crippen molar-refractivity contribution >= 4 is 5.91 Å². The van der Waals surface area contributed by atoms with Crippen LogP contribution in [0.3, 0.4) is 0 Å². The van der Waals surface area contributed by atoms with E-state index in [1.54, 1.807) is 14.2 Å². The molecule has 1 fully saturated rings. The van der Waals surface area contributed by atoms with E-state index in [1.807, 2.05) is 35.0 Å². The SMILES string of the molecule is COc1cccc(CN(C)CC(=O)N2CCNCC2)c1OC. The molecule has 1 saturated heterocycles. The molecule has 1 aromatic carbocycles. The second-order valence-electron chi connectivity index (χ2n) is 5.46. The van der Waals surface area contributed by atoms with Crippen molar-refractivity contribution in [3.63, 3.8) is 0 Å². The van der Waals surface area contributed by atoms with Crippen LogP contribution in [0.5, 0.6) is 11.5 Å². The van der Waals surface area contributed by atoms with E-state index < -0.39 is 0 Å². The van der Waals surface area contributed by atoms with Gasteiger partial charge in [0.15, 0.2) is 11.5 Å². The number of methoxy groups -OCH3 is 2. The minimum atomic E-state index is 0.172. The van der Waals surface area contributed by atoms with Gasteiger partial charge in [-0.05, 0) is 13.1 Å². The number of para-hydroxylation sites is 1. The zero-order valence-corrected chi connectivity index (χ0v) is 13.6. The zero-order chi connectivity index (χ0) is 15.9. The zero-order valence-electron chi connectivity index (χ0n) is 13.6. The molecule has 22 heavy (non-hydrogen) atoms. The van der Waals surface area contributed by atoms with Crippen molar-refractivity contribution in [2.45, 2.75) is 6.54 Å². The molecule has 0 radical (unpaired) electrons. The average molecular weight is 307 g/mol. The quantitative estimate of drug-likeness (QED) is 0.833. The molecule has 1 amide bonds. The highest BCUT2D eigenvalue weighted by Crippen LogP contribution is 2.31. The number of ether oxygens (including phenoxy) is 2. The van der Waals surface area contributed by atoms with E-state index in [4.69, 9.17) is 9.47 Å². The summed E-state index contributed by atoms with van der Waals surface area (Å²) in [5.41, 5.74) is 1.01. The summed E-state index contributed by atoms with van der Waals surface area (Å²) in [5, 5.41) is 3.25. The van der Waals surface area contributed by atoms with E-state index in [9.17, 15) is 4.79 Å². The van der Waals surface area contributed by atoms with Crippen LogP contribution in [0, 0.1) is 0 Å². The van der Waals surface area contributed by atoms with Crippen LogP contribution in [0.4, 0.5) is 0 Å². The van der Waals surface area contributed by atoms with Gasteiger partial charge in [0, 0.05) is 38.3 Å². The number of carbonyl (C=O) groups excluding carboxylic acids is 1. The number of hydrogen-bond acceptors (Lipinski definition) is 5. The fourth-order valence-electron chi connectivity index (χ4n) is 2.67. The lowest BCUT2D eigenvalue weighted by atomic mass is 10.1. The highest BCUT2D eigenvalue weighted by molar-refractivity contribution is 5.78. The summed E-state index contributed by atoms with van der Waals surface area (Å²) in [4.78, 5) is 16.2. The van der Waals surface area contributed by atoms with Crippen molar-refractivity contribution in [2.24, 2.45) is 0 Å². The van der Waals surface area contributed by atoms with Crippen LogP contribution in [0.25, 0.3) is 0 Å². The first kappa shape index (κ1) is 16.6. The number of benzene rings is 1. The summed E-state index contributed by atoms with van der Waals surface area (Å²) in [5.74, 6) is 1.61. The van der Waals surface area contributed by atoms with Gasteiger partial charge in [-0.1, -0.05) is 12.1 Å². The second kappa shape index (κ2) is 8.00. The Hall–Kier alpha value is -1.79. The monoisotopic (exact) mass is 307 g/mol. The third-order valence-electron chi connectivity index (χ3n) is 3.80. The van der Waals surface area contributed by atoms with Gasteiger partial charge in [0.05, 0.1) is 20.8 Å². The lowest BCUT2D eigenvalue weighted by Gasteiger charge is -2.29. The number of piperazine rings is 1. The van der Waals surface area contributed by atoms with Crippen molar-refractivity contribution in [3.8, 4) is 11.5 Å². The molecule has 1 heterocycles.